The summed E-state index contributed by atoms with van der Waals surface area (Å²) in [7, 11) is 2.13. The van der Waals surface area contributed by atoms with Gasteiger partial charge in [-0.05, 0) is 12.3 Å². The minimum Gasteiger partial charge on any atom is -0.362 e. The fraction of sp³-hybridized carbons (Fsp3) is 0.833. The predicted molar refractivity (Wildman–Crippen MR) is 61.8 cm³/mol. The standard InChI is InChI=1S/C12H24N2/c1-4-6-7-12(5-2)10-14-9-8-13(3)11-14/h8-9,12H,4-7,10-11H2,1-3H3. The first-order valence-electron chi connectivity index (χ1n) is 5.88. The average Bonchev–Trinajstić information content (AvgIpc) is 2.58. The molecule has 0 saturated carbocycles. The van der Waals surface area contributed by atoms with Gasteiger partial charge in [-0.3, -0.25) is 0 Å². The molecule has 0 aromatic carbocycles. The zero-order chi connectivity index (χ0) is 10.4. The molecule has 1 aliphatic rings. The molecular formula is C12H24N2. The van der Waals surface area contributed by atoms with E-state index in [-0.39, 0.29) is 0 Å². The highest BCUT2D eigenvalue weighted by molar-refractivity contribution is 4.89. The molecule has 0 N–H and O–H groups in total. The Morgan fingerprint density at radius 3 is 2.57 bits per heavy atom. The molecule has 1 unspecified atom stereocenters. The van der Waals surface area contributed by atoms with Crippen molar-refractivity contribution in [1.82, 2.24) is 9.80 Å². The van der Waals surface area contributed by atoms with Crippen LogP contribution in [0, 0.1) is 5.92 Å². The first-order valence-corrected chi connectivity index (χ1v) is 5.88. The molecule has 14 heavy (non-hydrogen) atoms. The molecule has 1 atom stereocenters. The zero-order valence-electron chi connectivity index (χ0n) is 9.87. The van der Waals surface area contributed by atoms with Crippen LogP contribution < -0.4 is 0 Å². The molecule has 0 aromatic heterocycles. The molecule has 0 saturated heterocycles. The summed E-state index contributed by atoms with van der Waals surface area (Å²) in [5, 5.41) is 0. The van der Waals surface area contributed by atoms with Gasteiger partial charge in [0.2, 0.25) is 0 Å². The highest BCUT2D eigenvalue weighted by Gasteiger charge is 2.13. The Morgan fingerprint density at radius 2 is 2.07 bits per heavy atom. The van der Waals surface area contributed by atoms with Crippen LogP contribution in [0.25, 0.3) is 0 Å². The number of rotatable bonds is 6. The molecule has 0 aromatic rings. The molecule has 2 heteroatoms. The van der Waals surface area contributed by atoms with Crippen molar-refractivity contribution >= 4 is 0 Å². The summed E-state index contributed by atoms with van der Waals surface area (Å²) in [6.07, 6.45) is 9.79. The van der Waals surface area contributed by atoms with Crippen LogP contribution in [0.1, 0.15) is 39.5 Å². The van der Waals surface area contributed by atoms with E-state index in [1.807, 2.05) is 0 Å². The molecule has 1 rings (SSSR count). The van der Waals surface area contributed by atoms with Crippen molar-refractivity contribution in [2.45, 2.75) is 39.5 Å². The molecule has 82 valence electrons. The Kier molecular flexibility index (Phi) is 4.85. The Hall–Kier alpha value is -0.660. The smallest absolute Gasteiger partial charge is 0.0890 e. The summed E-state index contributed by atoms with van der Waals surface area (Å²) in [5.74, 6) is 0.881. The molecule has 0 amide bonds. The van der Waals surface area contributed by atoms with Crippen LogP contribution >= 0.6 is 0 Å². The quantitative estimate of drug-likeness (QED) is 0.644. The maximum atomic E-state index is 2.42. The van der Waals surface area contributed by atoms with Crippen LogP contribution in [0.4, 0.5) is 0 Å². The minimum atomic E-state index is 0.881. The monoisotopic (exact) mass is 196 g/mol. The summed E-state index contributed by atoms with van der Waals surface area (Å²) in [4.78, 5) is 4.65. The SMILES string of the molecule is CCCCC(CC)CN1C=CN(C)C1. The van der Waals surface area contributed by atoms with E-state index >= 15 is 0 Å². The normalized spacial score (nSPS) is 17.9. The number of hydrogen-bond acceptors (Lipinski definition) is 2. The third-order valence-electron chi connectivity index (χ3n) is 2.97. The van der Waals surface area contributed by atoms with Crippen LogP contribution in [-0.4, -0.2) is 30.1 Å². The van der Waals surface area contributed by atoms with Gasteiger partial charge in [0, 0.05) is 26.0 Å². The Bertz CT molecular complexity index is 177. The van der Waals surface area contributed by atoms with E-state index in [2.05, 4.69) is 43.1 Å². The van der Waals surface area contributed by atoms with Crippen molar-refractivity contribution in [2.75, 3.05) is 20.3 Å². The lowest BCUT2D eigenvalue weighted by atomic mass is 9.99. The highest BCUT2D eigenvalue weighted by atomic mass is 15.3. The summed E-state index contributed by atoms with van der Waals surface area (Å²) in [5.41, 5.74) is 0. The van der Waals surface area contributed by atoms with Gasteiger partial charge >= 0.3 is 0 Å². The molecule has 1 heterocycles. The third-order valence-corrected chi connectivity index (χ3v) is 2.97. The Labute approximate surface area is 88.6 Å². The van der Waals surface area contributed by atoms with Crippen LogP contribution in [0.15, 0.2) is 12.4 Å². The summed E-state index contributed by atoms with van der Waals surface area (Å²) >= 11 is 0. The summed E-state index contributed by atoms with van der Waals surface area (Å²) < 4.78 is 0. The number of nitrogens with zero attached hydrogens (tertiary/aromatic N) is 2. The van der Waals surface area contributed by atoms with Crippen molar-refractivity contribution in [1.29, 1.82) is 0 Å². The van der Waals surface area contributed by atoms with Crippen LogP contribution in [0.3, 0.4) is 0 Å². The van der Waals surface area contributed by atoms with Crippen molar-refractivity contribution < 1.29 is 0 Å². The zero-order valence-corrected chi connectivity index (χ0v) is 9.87. The summed E-state index contributed by atoms with van der Waals surface area (Å²) in [6.45, 7) is 6.89. The molecule has 0 radical (unpaired) electrons. The van der Waals surface area contributed by atoms with Gasteiger partial charge in [0.15, 0.2) is 0 Å². The van der Waals surface area contributed by atoms with Crippen LogP contribution in [0.5, 0.6) is 0 Å². The van der Waals surface area contributed by atoms with Gasteiger partial charge in [0.1, 0.15) is 0 Å². The van der Waals surface area contributed by atoms with Gasteiger partial charge in [-0.1, -0.05) is 33.1 Å². The van der Waals surface area contributed by atoms with E-state index in [1.54, 1.807) is 0 Å². The predicted octanol–water partition coefficient (Wildman–Crippen LogP) is 2.88. The lowest BCUT2D eigenvalue weighted by Crippen LogP contribution is -2.27. The van der Waals surface area contributed by atoms with Gasteiger partial charge in [-0.15, -0.1) is 0 Å². The van der Waals surface area contributed by atoms with E-state index in [9.17, 15) is 0 Å². The molecule has 0 aliphatic carbocycles. The van der Waals surface area contributed by atoms with Crippen molar-refractivity contribution in [3.05, 3.63) is 12.4 Å². The van der Waals surface area contributed by atoms with Crippen LogP contribution in [-0.2, 0) is 0 Å². The molecule has 2 nitrogen and oxygen atoms in total. The molecule has 0 fully saturated rings. The van der Waals surface area contributed by atoms with Crippen molar-refractivity contribution in [3.8, 4) is 0 Å². The summed E-state index contributed by atoms with van der Waals surface area (Å²) in [6, 6.07) is 0. The van der Waals surface area contributed by atoms with Crippen molar-refractivity contribution in [3.63, 3.8) is 0 Å². The molecule has 0 spiro atoms. The van der Waals surface area contributed by atoms with E-state index in [0.29, 0.717) is 0 Å². The number of hydrogen-bond donors (Lipinski definition) is 0. The van der Waals surface area contributed by atoms with E-state index in [1.165, 1.54) is 32.2 Å². The largest absolute Gasteiger partial charge is 0.362 e. The van der Waals surface area contributed by atoms with Crippen molar-refractivity contribution in [2.24, 2.45) is 5.92 Å². The van der Waals surface area contributed by atoms with E-state index < -0.39 is 0 Å². The second kappa shape index (κ2) is 5.94. The average molecular weight is 196 g/mol. The van der Waals surface area contributed by atoms with Gasteiger partial charge in [0.05, 0.1) is 6.67 Å². The lowest BCUT2D eigenvalue weighted by molar-refractivity contribution is 0.246. The maximum Gasteiger partial charge on any atom is 0.0890 e. The second-order valence-electron chi connectivity index (χ2n) is 4.38. The maximum absolute atomic E-state index is 2.42. The first-order chi connectivity index (χ1) is 6.76. The molecule has 1 aliphatic heterocycles. The fourth-order valence-electron chi connectivity index (χ4n) is 1.96. The first kappa shape index (κ1) is 11.4. The lowest BCUT2D eigenvalue weighted by Gasteiger charge is -2.23. The second-order valence-corrected chi connectivity index (χ2v) is 4.38. The van der Waals surface area contributed by atoms with Crippen LogP contribution in [0.2, 0.25) is 0 Å². The highest BCUT2D eigenvalue weighted by Crippen LogP contribution is 2.16. The van der Waals surface area contributed by atoms with E-state index in [4.69, 9.17) is 0 Å². The van der Waals surface area contributed by atoms with E-state index in [0.717, 1.165) is 12.6 Å². The molecular weight excluding hydrogens is 172 g/mol. The topological polar surface area (TPSA) is 6.48 Å². The van der Waals surface area contributed by atoms with Gasteiger partial charge in [-0.2, -0.15) is 0 Å². The van der Waals surface area contributed by atoms with Gasteiger partial charge in [0.25, 0.3) is 0 Å². The Morgan fingerprint density at radius 1 is 1.29 bits per heavy atom. The molecule has 0 bridgehead atoms. The van der Waals surface area contributed by atoms with Gasteiger partial charge in [-0.25, -0.2) is 0 Å². The fourth-order valence-corrected chi connectivity index (χ4v) is 1.96. The Balaban J connectivity index is 2.23. The minimum absolute atomic E-state index is 0.881. The third kappa shape index (κ3) is 3.60. The van der Waals surface area contributed by atoms with Gasteiger partial charge < -0.3 is 9.80 Å². The number of unbranched alkanes of at least 4 members (excludes halogenated alkanes) is 1.